The fourth-order valence-electron chi connectivity index (χ4n) is 1.85. The van der Waals surface area contributed by atoms with Gasteiger partial charge in [0, 0.05) is 6.42 Å². The van der Waals surface area contributed by atoms with Gasteiger partial charge in [-0.15, -0.1) is 0 Å². The van der Waals surface area contributed by atoms with Gasteiger partial charge in [0.1, 0.15) is 5.76 Å². The fourth-order valence-corrected chi connectivity index (χ4v) is 3.58. The van der Waals surface area contributed by atoms with Gasteiger partial charge < -0.3 is 9.52 Å². The van der Waals surface area contributed by atoms with Gasteiger partial charge in [-0.3, -0.25) is 4.79 Å². The van der Waals surface area contributed by atoms with Crippen molar-refractivity contribution in [1.82, 2.24) is 4.98 Å². The van der Waals surface area contributed by atoms with Crippen LogP contribution in [0.3, 0.4) is 0 Å². The highest BCUT2D eigenvalue weighted by molar-refractivity contribution is 7.91. The molecular weight excluding hydrogens is 246 g/mol. The molecule has 1 unspecified atom stereocenters. The second kappa shape index (κ2) is 4.48. The van der Waals surface area contributed by atoms with Gasteiger partial charge >= 0.3 is 5.97 Å². The maximum absolute atomic E-state index is 11.3. The van der Waals surface area contributed by atoms with Crippen LogP contribution in [-0.4, -0.2) is 36.0 Å². The van der Waals surface area contributed by atoms with Crippen LogP contribution in [0.2, 0.25) is 0 Å². The normalized spacial score (nSPS) is 22.7. The van der Waals surface area contributed by atoms with Gasteiger partial charge in [0.05, 0.1) is 30.0 Å². The Morgan fingerprint density at radius 2 is 2.35 bits per heavy atom. The molecule has 1 N–H and O–H groups in total. The molecule has 0 amide bonds. The summed E-state index contributed by atoms with van der Waals surface area (Å²) in [4.78, 5) is 14.4. The summed E-state index contributed by atoms with van der Waals surface area (Å²) in [5, 5.41) is 8.52. The number of oxazole rings is 1. The van der Waals surface area contributed by atoms with Crippen molar-refractivity contribution >= 4 is 15.8 Å². The Kier molecular flexibility index (Phi) is 3.19. The average Bonchev–Trinajstić information content (AvgIpc) is 2.81. The van der Waals surface area contributed by atoms with E-state index in [9.17, 15) is 13.2 Å². The molecule has 1 fully saturated rings. The minimum absolute atomic E-state index is 0.0163. The number of hydrogen-bond donors (Lipinski definition) is 1. The van der Waals surface area contributed by atoms with Crippen LogP contribution in [-0.2, 0) is 21.1 Å². The van der Waals surface area contributed by atoms with Crippen molar-refractivity contribution < 1.29 is 22.7 Å². The number of sulfone groups is 1. The highest BCUT2D eigenvalue weighted by Crippen LogP contribution is 2.28. The molecule has 7 heteroatoms. The molecule has 1 aromatic rings. The SMILES string of the molecule is O=C(O)CCc1cnc(C2CCS(=O)(=O)C2)o1. The summed E-state index contributed by atoms with van der Waals surface area (Å²) in [7, 11) is -2.95. The van der Waals surface area contributed by atoms with Crippen molar-refractivity contribution in [2.75, 3.05) is 11.5 Å². The highest BCUT2D eigenvalue weighted by Gasteiger charge is 2.32. The van der Waals surface area contributed by atoms with E-state index in [2.05, 4.69) is 4.98 Å². The van der Waals surface area contributed by atoms with E-state index < -0.39 is 15.8 Å². The number of aromatic nitrogens is 1. The number of nitrogens with zero attached hydrogens (tertiary/aromatic N) is 1. The third-order valence-electron chi connectivity index (χ3n) is 2.74. The van der Waals surface area contributed by atoms with Crippen LogP contribution < -0.4 is 0 Å². The summed E-state index contributed by atoms with van der Waals surface area (Å²) in [6, 6.07) is 0. The van der Waals surface area contributed by atoms with Crippen LogP contribution in [0.5, 0.6) is 0 Å². The third-order valence-corrected chi connectivity index (χ3v) is 4.51. The van der Waals surface area contributed by atoms with E-state index in [1.165, 1.54) is 6.20 Å². The van der Waals surface area contributed by atoms with Crippen LogP contribution in [0.4, 0.5) is 0 Å². The monoisotopic (exact) mass is 259 g/mol. The third kappa shape index (κ3) is 3.06. The number of aliphatic carboxylic acids is 1. The summed E-state index contributed by atoms with van der Waals surface area (Å²) < 4.78 is 28.0. The maximum Gasteiger partial charge on any atom is 0.303 e. The van der Waals surface area contributed by atoms with E-state index in [0.29, 0.717) is 18.1 Å². The van der Waals surface area contributed by atoms with Gasteiger partial charge in [0.2, 0.25) is 0 Å². The second-order valence-corrected chi connectivity index (χ2v) is 6.39. The van der Waals surface area contributed by atoms with E-state index >= 15 is 0 Å². The van der Waals surface area contributed by atoms with E-state index in [1.807, 2.05) is 0 Å². The quantitative estimate of drug-likeness (QED) is 0.850. The van der Waals surface area contributed by atoms with Crippen LogP contribution in [0.25, 0.3) is 0 Å². The van der Waals surface area contributed by atoms with Gasteiger partial charge in [-0.25, -0.2) is 13.4 Å². The first kappa shape index (κ1) is 12.1. The summed E-state index contributed by atoms with van der Waals surface area (Å²) in [6.45, 7) is 0. The lowest BCUT2D eigenvalue weighted by atomic mass is 10.1. The number of rotatable bonds is 4. The van der Waals surface area contributed by atoms with Crippen molar-refractivity contribution in [3.05, 3.63) is 17.8 Å². The zero-order chi connectivity index (χ0) is 12.5. The predicted molar refractivity (Wildman–Crippen MR) is 58.5 cm³/mol. The van der Waals surface area contributed by atoms with Crippen molar-refractivity contribution in [3.63, 3.8) is 0 Å². The van der Waals surface area contributed by atoms with Crippen molar-refractivity contribution in [2.24, 2.45) is 0 Å². The first-order chi connectivity index (χ1) is 7.96. The Hall–Kier alpha value is -1.37. The molecule has 1 aliphatic rings. The Morgan fingerprint density at radius 1 is 1.59 bits per heavy atom. The van der Waals surface area contributed by atoms with Crippen molar-refractivity contribution in [1.29, 1.82) is 0 Å². The molecule has 0 bridgehead atoms. The topological polar surface area (TPSA) is 97.5 Å². The summed E-state index contributed by atoms with van der Waals surface area (Å²) in [6.07, 6.45) is 2.27. The number of hydrogen-bond acceptors (Lipinski definition) is 5. The second-order valence-electron chi connectivity index (χ2n) is 4.16. The highest BCUT2D eigenvalue weighted by atomic mass is 32.2. The van der Waals surface area contributed by atoms with E-state index in [4.69, 9.17) is 9.52 Å². The number of carboxylic acid groups (broad SMARTS) is 1. The summed E-state index contributed by atoms with van der Waals surface area (Å²) in [5.74, 6) is 0.0688. The lowest BCUT2D eigenvalue weighted by Crippen LogP contribution is -2.03. The first-order valence-electron chi connectivity index (χ1n) is 5.33. The first-order valence-corrected chi connectivity index (χ1v) is 7.15. The van der Waals surface area contributed by atoms with E-state index in [0.717, 1.165) is 0 Å². The Morgan fingerprint density at radius 3 is 2.94 bits per heavy atom. The van der Waals surface area contributed by atoms with Crippen molar-refractivity contribution in [2.45, 2.75) is 25.2 Å². The van der Waals surface area contributed by atoms with Crippen LogP contribution in [0.15, 0.2) is 10.6 Å². The molecule has 2 rings (SSSR count). The van der Waals surface area contributed by atoms with Gasteiger partial charge in [-0.1, -0.05) is 0 Å². The average molecular weight is 259 g/mol. The molecular formula is C10H13NO5S. The smallest absolute Gasteiger partial charge is 0.303 e. The molecule has 1 aromatic heterocycles. The molecule has 0 radical (unpaired) electrons. The lowest BCUT2D eigenvalue weighted by Gasteiger charge is -2.00. The zero-order valence-electron chi connectivity index (χ0n) is 9.13. The lowest BCUT2D eigenvalue weighted by molar-refractivity contribution is -0.137. The molecule has 1 saturated heterocycles. The fraction of sp³-hybridized carbons (Fsp3) is 0.600. The Labute approximate surface area is 98.6 Å². The van der Waals surface area contributed by atoms with Gasteiger partial charge in [0.15, 0.2) is 15.7 Å². The van der Waals surface area contributed by atoms with E-state index in [1.54, 1.807) is 0 Å². The predicted octanol–water partition coefficient (Wildman–Crippen LogP) is 0.594. The molecule has 0 spiro atoms. The molecule has 0 aromatic carbocycles. The number of carbonyl (C=O) groups is 1. The largest absolute Gasteiger partial charge is 0.481 e. The van der Waals surface area contributed by atoms with Crippen LogP contribution >= 0.6 is 0 Å². The molecule has 6 nitrogen and oxygen atoms in total. The van der Waals surface area contributed by atoms with Crippen LogP contribution in [0.1, 0.15) is 30.4 Å². The zero-order valence-corrected chi connectivity index (χ0v) is 9.94. The van der Waals surface area contributed by atoms with Gasteiger partial charge in [-0.2, -0.15) is 0 Å². The van der Waals surface area contributed by atoms with Gasteiger partial charge in [0.25, 0.3) is 0 Å². The molecule has 94 valence electrons. The molecule has 2 heterocycles. The summed E-state index contributed by atoms with van der Waals surface area (Å²) in [5.41, 5.74) is 0. The molecule has 1 atom stereocenters. The Balaban J connectivity index is 2.01. The minimum atomic E-state index is -2.95. The molecule has 0 saturated carbocycles. The standard InChI is InChI=1S/C10H13NO5S/c12-9(13)2-1-8-5-11-10(16-8)7-3-4-17(14,15)6-7/h5,7H,1-4,6H2,(H,12,13). The summed E-state index contributed by atoms with van der Waals surface area (Å²) >= 11 is 0. The minimum Gasteiger partial charge on any atom is -0.481 e. The van der Waals surface area contributed by atoms with Gasteiger partial charge in [-0.05, 0) is 6.42 Å². The van der Waals surface area contributed by atoms with Crippen molar-refractivity contribution in [3.8, 4) is 0 Å². The maximum atomic E-state index is 11.3. The van der Waals surface area contributed by atoms with Crippen LogP contribution in [0, 0.1) is 0 Å². The molecule has 1 aliphatic heterocycles. The Bertz CT molecular complexity index is 519. The molecule has 0 aliphatic carbocycles. The van der Waals surface area contributed by atoms with E-state index in [-0.39, 0.29) is 30.3 Å². The number of carboxylic acids is 1. The number of aryl methyl sites for hydroxylation is 1. The molecule has 17 heavy (non-hydrogen) atoms.